The van der Waals surface area contributed by atoms with Crippen LogP contribution in [0.5, 0.6) is 0 Å². The van der Waals surface area contributed by atoms with Crippen molar-refractivity contribution in [1.29, 1.82) is 0 Å². The highest BCUT2D eigenvalue weighted by Crippen LogP contribution is 2.32. The molecular weight excluding hydrogens is 303 g/mol. The summed E-state index contributed by atoms with van der Waals surface area (Å²) >= 11 is 12.5. The summed E-state index contributed by atoms with van der Waals surface area (Å²) in [4.78, 5) is 2.57. The fourth-order valence-electron chi connectivity index (χ4n) is 3.15. The minimum absolute atomic E-state index is 0.271. The summed E-state index contributed by atoms with van der Waals surface area (Å²) < 4.78 is 0. The van der Waals surface area contributed by atoms with Crippen molar-refractivity contribution in [1.82, 2.24) is 10.2 Å². The van der Waals surface area contributed by atoms with E-state index in [0.717, 1.165) is 36.9 Å². The highest BCUT2D eigenvalue weighted by atomic mass is 35.5. The molecule has 1 aromatic rings. The van der Waals surface area contributed by atoms with Gasteiger partial charge in [-0.1, -0.05) is 56.1 Å². The van der Waals surface area contributed by atoms with Gasteiger partial charge in [0.05, 0.1) is 10.0 Å². The van der Waals surface area contributed by atoms with Crippen molar-refractivity contribution in [2.75, 3.05) is 26.2 Å². The second-order valence-corrected chi connectivity index (χ2v) is 7.04. The average molecular weight is 329 g/mol. The van der Waals surface area contributed by atoms with E-state index in [0.29, 0.717) is 10.0 Å². The van der Waals surface area contributed by atoms with Crippen molar-refractivity contribution in [3.63, 3.8) is 0 Å². The molecule has 1 heterocycles. The van der Waals surface area contributed by atoms with E-state index in [-0.39, 0.29) is 6.04 Å². The maximum absolute atomic E-state index is 6.38. The number of benzene rings is 1. The van der Waals surface area contributed by atoms with Crippen LogP contribution < -0.4 is 5.32 Å². The Morgan fingerprint density at radius 2 is 1.90 bits per heavy atom. The van der Waals surface area contributed by atoms with Gasteiger partial charge in [0.25, 0.3) is 0 Å². The Bertz CT molecular complexity index is 454. The van der Waals surface area contributed by atoms with Crippen LogP contribution in [-0.2, 0) is 0 Å². The molecule has 0 aliphatic carbocycles. The Morgan fingerprint density at radius 1 is 1.24 bits per heavy atom. The van der Waals surface area contributed by atoms with Crippen LogP contribution in [0.25, 0.3) is 0 Å². The van der Waals surface area contributed by atoms with Gasteiger partial charge in [-0.05, 0) is 43.0 Å². The fourth-order valence-corrected chi connectivity index (χ4v) is 3.59. The van der Waals surface area contributed by atoms with Gasteiger partial charge < -0.3 is 10.2 Å². The molecular formula is C17H26Cl2N2. The molecule has 0 aromatic heterocycles. The maximum atomic E-state index is 6.38. The second kappa shape index (κ2) is 7.82. The average Bonchev–Trinajstić information content (AvgIpc) is 2.77. The van der Waals surface area contributed by atoms with E-state index < -0.39 is 0 Å². The summed E-state index contributed by atoms with van der Waals surface area (Å²) in [6, 6.07) is 6.18. The zero-order chi connectivity index (χ0) is 15.4. The molecule has 0 saturated carbocycles. The number of rotatable bonds is 6. The molecule has 3 atom stereocenters. The van der Waals surface area contributed by atoms with Gasteiger partial charge >= 0.3 is 0 Å². The zero-order valence-corrected chi connectivity index (χ0v) is 14.7. The molecule has 1 aliphatic rings. The van der Waals surface area contributed by atoms with Crippen LogP contribution in [0, 0.1) is 11.8 Å². The van der Waals surface area contributed by atoms with Crippen molar-refractivity contribution >= 4 is 23.2 Å². The minimum Gasteiger partial charge on any atom is -0.310 e. The van der Waals surface area contributed by atoms with Crippen molar-refractivity contribution in [3.8, 4) is 0 Å². The third kappa shape index (κ3) is 4.35. The smallest absolute Gasteiger partial charge is 0.0640 e. The van der Waals surface area contributed by atoms with Crippen LogP contribution in [0.3, 0.4) is 0 Å². The van der Waals surface area contributed by atoms with Gasteiger partial charge in [0.15, 0.2) is 0 Å². The first-order valence-corrected chi connectivity index (χ1v) is 8.68. The molecule has 21 heavy (non-hydrogen) atoms. The zero-order valence-electron chi connectivity index (χ0n) is 13.2. The molecule has 0 spiro atoms. The molecule has 3 unspecified atom stereocenters. The summed E-state index contributed by atoms with van der Waals surface area (Å²) in [7, 11) is 0. The van der Waals surface area contributed by atoms with E-state index in [4.69, 9.17) is 23.2 Å². The first-order valence-electron chi connectivity index (χ1n) is 7.92. The predicted molar refractivity (Wildman–Crippen MR) is 92.3 cm³/mol. The number of halogens is 2. The summed E-state index contributed by atoms with van der Waals surface area (Å²) in [5, 5.41) is 4.87. The Hall–Kier alpha value is -0.280. The molecule has 1 fully saturated rings. The summed E-state index contributed by atoms with van der Waals surface area (Å²) in [5.74, 6) is 1.61. The third-order valence-electron chi connectivity index (χ3n) is 4.61. The van der Waals surface area contributed by atoms with E-state index in [1.54, 1.807) is 0 Å². The quantitative estimate of drug-likeness (QED) is 0.819. The molecule has 0 bridgehead atoms. The third-order valence-corrected chi connectivity index (χ3v) is 5.44. The summed E-state index contributed by atoms with van der Waals surface area (Å²) in [6.07, 6.45) is 1.06. The molecule has 0 radical (unpaired) electrons. The number of nitrogens with zero attached hydrogens (tertiary/aromatic N) is 1. The van der Waals surface area contributed by atoms with Crippen molar-refractivity contribution in [2.45, 2.75) is 33.2 Å². The van der Waals surface area contributed by atoms with E-state index in [9.17, 15) is 0 Å². The van der Waals surface area contributed by atoms with Gasteiger partial charge in [-0.15, -0.1) is 0 Å². The Balaban J connectivity index is 2.01. The van der Waals surface area contributed by atoms with E-state index in [1.165, 1.54) is 13.1 Å². The predicted octanol–water partition coefficient (Wildman–Crippen LogP) is 4.62. The normalized spacial score (nSPS) is 24.4. The lowest BCUT2D eigenvalue weighted by atomic mass is 10.0. The first kappa shape index (κ1) is 17.1. The van der Waals surface area contributed by atoms with Crippen LogP contribution in [0.15, 0.2) is 18.2 Å². The van der Waals surface area contributed by atoms with Gasteiger partial charge in [0.1, 0.15) is 0 Å². The van der Waals surface area contributed by atoms with Crippen LogP contribution >= 0.6 is 23.2 Å². The van der Waals surface area contributed by atoms with Crippen molar-refractivity contribution in [2.24, 2.45) is 11.8 Å². The van der Waals surface area contributed by atoms with E-state index in [1.807, 2.05) is 12.1 Å². The molecule has 2 rings (SSSR count). The molecule has 0 amide bonds. The summed E-state index contributed by atoms with van der Waals surface area (Å²) in [5.41, 5.74) is 1.12. The van der Waals surface area contributed by atoms with Crippen molar-refractivity contribution in [3.05, 3.63) is 33.8 Å². The molecule has 1 aromatic carbocycles. The van der Waals surface area contributed by atoms with E-state index in [2.05, 4.69) is 37.1 Å². The topological polar surface area (TPSA) is 15.3 Å². The fraction of sp³-hybridized carbons (Fsp3) is 0.647. The summed E-state index contributed by atoms with van der Waals surface area (Å²) in [6.45, 7) is 11.3. The number of hydrogen-bond donors (Lipinski definition) is 1. The van der Waals surface area contributed by atoms with Crippen LogP contribution in [0.4, 0.5) is 0 Å². The Kier molecular flexibility index (Phi) is 6.36. The van der Waals surface area contributed by atoms with Crippen LogP contribution in [-0.4, -0.2) is 31.1 Å². The minimum atomic E-state index is 0.271. The maximum Gasteiger partial charge on any atom is 0.0640 e. The lowest BCUT2D eigenvalue weighted by Gasteiger charge is -2.23. The van der Waals surface area contributed by atoms with Gasteiger partial charge in [-0.25, -0.2) is 0 Å². The largest absolute Gasteiger partial charge is 0.310 e. The number of likely N-dealkylation sites (tertiary alicyclic amines) is 1. The van der Waals surface area contributed by atoms with Crippen molar-refractivity contribution < 1.29 is 0 Å². The molecule has 1 N–H and O–H groups in total. The molecule has 118 valence electrons. The number of nitrogens with one attached hydrogen (secondary N) is 1. The first-order chi connectivity index (χ1) is 10.0. The molecule has 4 heteroatoms. The standard InChI is InChI=1S/C17H26Cl2N2/c1-4-20-16(14-6-5-7-15(18)17(14)19)8-9-21-10-12(2)13(3)11-21/h5-7,12-13,16,20H,4,8-11H2,1-3H3. The lowest BCUT2D eigenvalue weighted by Crippen LogP contribution is -2.28. The lowest BCUT2D eigenvalue weighted by molar-refractivity contribution is 0.299. The Morgan fingerprint density at radius 3 is 2.52 bits per heavy atom. The number of hydrogen-bond acceptors (Lipinski definition) is 2. The van der Waals surface area contributed by atoms with Crippen LogP contribution in [0.2, 0.25) is 10.0 Å². The highest BCUT2D eigenvalue weighted by molar-refractivity contribution is 6.42. The van der Waals surface area contributed by atoms with Gasteiger partial charge in [-0.2, -0.15) is 0 Å². The monoisotopic (exact) mass is 328 g/mol. The molecule has 2 nitrogen and oxygen atoms in total. The van der Waals surface area contributed by atoms with Crippen LogP contribution in [0.1, 0.15) is 38.8 Å². The van der Waals surface area contributed by atoms with Gasteiger partial charge in [0, 0.05) is 19.1 Å². The molecule has 1 aliphatic heterocycles. The van der Waals surface area contributed by atoms with Gasteiger partial charge in [0.2, 0.25) is 0 Å². The Labute approximate surface area is 138 Å². The highest BCUT2D eigenvalue weighted by Gasteiger charge is 2.26. The van der Waals surface area contributed by atoms with E-state index >= 15 is 0 Å². The van der Waals surface area contributed by atoms with Gasteiger partial charge in [-0.3, -0.25) is 0 Å². The SMILES string of the molecule is CCNC(CCN1CC(C)C(C)C1)c1cccc(Cl)c1Cl. The molecule has 1 saturated heterocycles. The second-order valence-electron chi connectivity index (χ2n) is 6.26.